The van der Waals surface area contributed by atoms with Crippen molar-refractivity contribution in [3.8, 4) is 5.75 Å². The van der Waals surface area contributed by atoms with Crippen LogP contribution >= 0.6 is 0 Å². The van der Waals surface area contributed by atoms with Crippen molar-refractivity contribution in [3.63, 3.8) is 0 Å². The zero-order chi connectivity index (χ0) is 22.2. The summed E-state index contributed by atoms with van der Waals surface area (Å²) in [5.41, 5.74) is 0.927. The lowest BCUT2D eigenvalue weighted by Crippen LogP contribution is -2.29. The number of methoxy groups -OCH3 is 1. The van der Waals surface area contributed by atoms with Crippen molar-refractivity contribution >= 4 is 33.9 Å². The standard InChI is InChI=1S/C26H19NO5/c1-31-20-12-10-19(11-13-20)27-23(21-7-4-14-32-21)22(25(29)26(27)30)24(28)18-9-8-16-5-2-3-6-17(16)15-18/h2-15,23,28H,1H3/b24-22-. The molecule has 32 heavy (non-hydrogen) atoms. The molecule has 0 radical (unpaired) electrons. The van der Waals surface area contributed by atoms with Crippen molar-refractivity contribution in [3.05, 3.63) is 102 Å². The van der Waals surface area contributed by atoms with E-state index in [1.54, 1.807) is 55.6 Å². The largest absolute Gasteiger partial charge is 0.507 e. The molecule has 3 aromatic carbocycles. The molecule has 6 nitrogen and oxygen atoms in total. The Morgan fingerprint density at radius 3 is 2.38 bits per heavy atom. The van der Waals surface area contributed by atoms with Gasteiger partial charge >= 0.3 is 0 Å². The highest BCUT2D eigenvalue weighted by molar-refractivity contribution is 6.51. The molecule has 0 spiro atoms. The van der Waals surface area contributed by atoms with Crippen LogP contribution in [0.4, 0.5) is 5.69 Å². The maximum atomic E-state index is 13.1. The van der Waals surface area contributed by atoms with Gasteiger partial charge in [0, 0.05) is 11.3 Å². The summed E-state index contributed by atoms with van der Waals surface area (Å²) in [5, 5.41) is 13.1. The van der Waals surface area contributed by atoms with E-state index in [-0.39, 0.29) is 11.3 Å². The lowest BCUT2D eigenvalue weighted by atomic mass is 9.97. The molecule has 1 N–H and O–H groups in total. The highest BCUT2D eigenvalue weighted by atomic mass is 16.5. The molecule has 5 rings (SSSR count). The average molecular weight is 425 g/mol. The highest BCUT2D eigenvalue weighted by Crippen LogP contribution is 2.42. The van der Waals surface area contributed by atoms with Gasteiger partial charge in [0.15, 0.2) is 0 Å². The van der Waals surface area contributed by atoms with Gasteiger partial charge in [-0.3, -0.25) is 14.5 Å². The lowest BCUT2D eigenvalue weighted by molar-refractivity contribution is -0.132. The van der Waals surface area contributed by atoms with Crippen LogP contribution in [0, 0.1) is 0 Å². The first-order valence-corrected chi connectivity index (χ1v) is 10.1. The molecule has 4 aromatic rings. The van der Waals surface area contributed by atoms with Crippen LogP contribution in [-0.4, -0.2) is 23.9 Å². The van der Waals surface area contributed by atoms with Gasteiger partial charge < -0.3 is 14.3 Å². The van der Waals surface area contributed by atoms with Gasteiger partial charge in [0.25, 0.3) is 11.7 Å². The van der Waals surface area contributed by atoms with E-state index in [4.69, 9.17) is 9.15 Å². The van der Waals surface area contributed by atoms with Crippen LogP contribution in [0.15, 0.2) is 95.1 Å². The van der Waals surface area contributed by atoms with Crippen molar-refractivity contribution in [2.45, 2.75) is 6.04 Å². The molecule has 1 amide bonds. The highest BCUT2D eigenvalue weighted by Gasteiger charge is 2.48. The van der Waals surface area contributed by atoms with Crippen molar-refractivity contribution in [2.75, 3.05) is 12.0 Å². The van der Waals surface area contributed by atoms with Crippen LogP contribution < -0.4 is 9.64 Å². The summed E-state index contributed by atoms with van der Waals surface area (Å²) in [6.45, 7) is 0. The van der Waals surface area contributed by atoms with Crippen LogP contribution in [-0.2, 0) is 9.59 Å². The molecular weight excluding hydrogens is 406 g/mol. The molecule has 0 aliphatic carbocycles. The number of rotatable bonds is 4. The topological polar surface area (TPSA) is 80.0 Å². The zero-order valence-corrected chi connectivity index (χ0v) is 17.2. The van der Waals surface area contributed by atoms with E-state index in [9.17, 15) is 14.7 Å². The maximum Gasteiger partial charge on any atom is 0.300 e. The number of fused-ring (bicyclic) bond motifs is 1. The second-order valence-electron chi connectivity index (χ2n) is 7.44. The molecule has 1 aliphatic heterocycles. The van der Waals surface area contributed by atoms with Gasteiger partial charge in [-0.2, -0.15) is 0 Å². The van der Waals surface area contributed by atoms with E-state index in [1.165, 1.54) is 11.2 Å². The van der Waals surface area contributed by atoms with E-state index < -0.39 is 17.7 Å². The summed E-state index contributed by atoms with van der Waals surface area (Å²) in [5.74, 6) is -0.753. The fourth-order valence-electron chi connectivity index (χ4n) is 4.05. The van der Waals surface area contributed by atoms with E-state index in [0.717, 1.165) is 10.8 Å². The van der Waals surface area contributed by atoms with E-state index in [2.05, 4.69) is 0 Å². The zero-order valence-electron chi connectivity index (χ0n) is 17.2. The maximum absolute atomic E-state index is 13.1. The number of furan rings is 1. The van der Waals surface area contributed by atoms with Gasteiger partial charge in [0.2, 0.25) is 0 Å². The van der Waals surface area contributed by atoms with Crippen LogP contribution in [0.3, 0.4) is 0 Å². The van der Waals surface area contributed by atoms with Crippen LogP contribution in [0.25, 0.3) is 16.5 Å². The molecule has 1 fully saturated rings. The van der Waals surface area contributed by atoms with Gasteiger partial charge in [-0.15, -0.1) is 0 Å². The van der Waals surface area contributed by atoms with Gasteiger partial charge in [-0.1, -0.05) is 36.4 Å². The molecule has 1 aliphatic rings. The molecule has 1 aromatic heterocycles. The number of amides is 1. The SMILES string of the molecule is COc1ccc(N2C(=O)C(=O)/C(=C(\O)c3ccc4ccccc4c3)C2c2ccco2)cc1. The third kappa shape index (κ3) is 3.13. The number of benzene rings is 3. The second kappa shape index (κ2) is 7.74. The summed E-state index contributed by atoms with van der Waals surface area (Å²) in [6.07, 6.45) is 1.47. The molecule has 6 heteroatoms. The first-order valence-electron chi connectivity index (χ1n) is 10.1. The Morgan fingerprint density at radius 2 is 1.69 bits per heavy atom. The van der Waals surface area contributed by atoms with E-state index >= 15 is 0 Å². The Labute approximate surface area is 184 Å². The number of anilines is 1. The summed E-state index contributed by atoms with van der Waals surface area (Å²) in [6, 6.07) is 22.4. The monoisotopic (exact) mass is 425 g/mol. The van der Waals surface area contributed by atoms with Crippen molar-refractivity contribution in [1.29, 1.82) is 0 Å². The molecule has 1 saturated heterocycles. The molecule has 1 atom stereocenters. The van der Waals surface area contributed by atoms with Crippen LogP contribution in [0.5, 0.6) is 5.75 Å². The molecule has 0 saturated carbocycles. The molecule has 158 valence electrons. The predicted octanol–water partition coefficient (Wildman–Crippen LogP) is 5.07. The van der Waals surface area contributed by atoms with Gasteiger partial charge in [0.1, 0.15) is 23.3 Å². The van der Waals surface area contributed by atoms with Crippen LogP contribution in [0.2, 0.25) is 0 Å². The van der Waals surface area contributed by atoms with Crippen molar-refractivity contribution in [1.82, 2.24) is 0 Å². The second-order valence-corrected chi connectivity index (χ2v) is 7.44. The Morgan fingerprint density at radius 1 is 0.938 bits per heavy atom. The number of carbonyl (C=O) groups excluding carboxylic acids is 2. The Bertz CT molecular complexity index is 1350. The minimum atomic E-state index is -0.898. The minimum absolute atomic E-state index is 0.0175. The molecule has 1 unspecified atom stereocenters. The van der Waals surface area contributed by atoms with Gasteiger partial charge in [-0.05, 0) is 53.2 Å². The fraction of sp³-hybridized carbons (Fsp3) is 0.0769. The number of Topliss-reactive ketones (excluding diaryl/α,β-unsaturated/α-hetero) is 1. The van der Waals surface area contributed by atoms with E-state index in [0.29, 0.717) is 22.8 Å². The number of aliphatic hydroxyl groups is 1. The number of hydrogen-bond acceptors (Lipinski definition) is 5. The first-order chi connectivity index (χ1) is 15.6. The Kier molecular flexibility index (Phi) is 4.75. The van der Waals surface area contributed by atoms with Gasteiger partial charge in [-0.25, -0.2) is 0 Å². The Hall–Kier alpha value is -4.32. The van der Waals surface area contributed by atoms with E-state index in [1.807, 2.05) is 30.3 Å². The number of ketones is 1. The first kappa shape index (κ1) is 19.6. The van der Waals surface area contributed by atoms with Crippen molar-refractivity contribution < 1.29 is 23.8 Å². The molecular formula is C26H19NO5. The third-order valence-corrected chi connectivity index (χ3v) is 5.63. The third-order valence-electron chi connectivity index (χ3n) is 5.63. The normalized spacial score (nSPS) is 17.8. The lowest BCUT2D eigenvalue weighted by Gasteiger charge is -2.23. The minimum Gasteiger partial charge on any atom is -0.507 e. The van der Waals surface area contributed by atoms with Crippen molar-refractivity contribution in [2.24, 2.45) is 0 Å². The number of ether oxygens (including phenoxy) is 1. The predicted molar refractivity (Wildman–Crippen MR) is 120 cm³/mol. The average Bonchev–Trinajstić information content (AvgIpc) is 3.45. The number of nitrogens with zero attached hydrogens (tertiary/aromatic N) is 1. The quantitative estimate of drug-likeness (QED) is 0.281. The Balaban J connectivity index is 1.68. The molecule has 0 bridgehead atoms. The van der Waals surface area contributed by atoms with Gasteiger partial charge in [0.05, 0.1) is 18.9 Å². The summed E-state index contributed by atoms with van der Waals surface area (Å²) in [4.78, 5) is 27.5. The fourth-order valence-corrected chi connectivity index (χ4v) is 4.05. The molecule has 2 heterocycles. The number of aliphatic hydroxyl groups excluding tert-OH is 1. The summed E-state index contributed by atoms with van der Waals surface area (Å²) >= 11 is 0. The summed E-state index contributed by atoms with van der Waals surface area (Å²) in [7, 11) is 1.55. The number of carbonyl (C=O) groups is 2. The number of hydrogen-bond donors (Lipinski definition) is 1. The van der Waals surface area contributed by atoms with Crippen LogP contribution in [0.1, 0.15) is 17.4 Å². The smallest absolute Gasteiger partial charge is 0.300 e. The summed E-state index contributed by atoms with van der Waals surface area (Å²) < 4.78 is 10.8.